The largest absolute Gasteiger partial charge is 0.497 e. The second kappa shape index (κ2) is 6.19. The standard InChI is InChI=1S/C16H16N8O/c1-23-10-9-17-16(23)15(11-3-5-12(25-2)6-4-11)18-13-7-8-14-19-21-22-24(14)20-13/h3-10,15H,1-2H3,(H,18,20). The van der Waals surface area contributed by atoms with Gasteiger partial charge in [-0.2, -0.15) is 0 Å². The zero-order valence-electron chi connectivity index (χ0n) is 13.7. The number of hydrogen-bond donors (Lipinski definition) is 1. The first-order valence-electron chi connectivity index (χ1n) is 7.68. The van der Waals surface area contributed by atoms with Gasteiger partial charge in [0.25, 0.3) is 0 Å². The Morgan fingerprint density at radius 2 is 1.96 bits per heavy atom. The average Bonchev–Trinajstić information content (AvgIpc) is 3.28. The number of fused-ring (bicyclic) bond motifs is 1. The van der Waals surface area contributed by atoms with Crippen LogP contribution in [0.5, 0.6) is 5.75 Å². The number of aromatic nitrogens is 7. The molecule has 0 saturated carbocycles. The van der Waals surface area contributed by atoms with Gasteiger partial charge in [0.2, 0.25) is 0 Å². The van der Waals surface area contributed by atoms with E-state index in [9.17, 15) is 0 Å². The molecule has 0 bridgehead atoms. The molecule has 0 aliphatic heterocycles. The van der Waals surface area contributed by atoms with Gasteiger partial charge in [0.15, 0.2) is 5.65 Å². The van der Waals surface area contributed by atoms with Gasteiger partial charge in [-0.25, -0.2) is 4.98 Å². The van der Waals surface area contributed by atoms with Crippen LogP contribution in [0.25, 0.3) is 5.65 Å². The van der Waals surface area contributed by atoms with Gasteiger partial charge < -0.3 is 14.6 Å². The summed E-state index contributed by atoms with van der Waals surface area (Å²) in [5.41, 5.74) is 1.62. The van der Waals surface area contributed by atoms with E-state index < -0.39 is 0 Å². The van der Waals surface area contributed by atoms with Crippen LogP contribution in [0.1, 0.15) is 17.4 Å². The molecule has 1 N–H and O–H groups in total. The van der Waals surface area contributed by atoms with E-state index in [1.54, 1.807) is 19.4 Å². The molecule has 3 heterocycles. The molecule has 0 saturated heterocycles. The molecule has 25 heavy (non-hydrogen) atoms. The Morgan fingerprint density at radius 3 is 2.68 bits per heavy atom. The maximum Gasteiger partial charge on any atom is 0.200 e. The number of methoxy groups -OCH3 is 1. The zero-order valence-corrected chi connectivity index (χ0v) is 13.7. The Labute approximate surface area is 143 Å². The first-order valence-corrected chi connectivity index (χ1v) is 7.68. The number of tetrazole rings is 1. The lowest BCUT2D eigenvalue weighted by Crippen LogP contribution is -2.18. The van der Waals surface area contributed by atoms with Crippen molar-refractivity contribution < 1.29 is 4.74 Å². The third kappa shape index (κ3) is 2.87. The molecule has 4 rings (SSSR count). The molecule has 1 atom stereocenters. The van der Waals surface area contributed by atoms with Crippen LogP contribution >= 0.6 is 0 Å². The summed E-state index contributed by atoms with van der Waals surface area (Å²) in [5, 5.41) is 19.1. The van der Waals surface area contributed by atoms with E-state index in [2.05, 4.69) is 30.9 Å². The maximum atomic E-state index is 5.24. The lowest BCUT2D eigenvalue weighted by Gasteiger charge is -2.19. The summed E-state index contributed by atoms with van der Waals surface area (Å²) in [7, 11) is 3.60. The van der Waals surface area contributed by atoms with E-state index in [1.807, 2.05) is 48.1 Å². The van der Waals surface area contributed by atoms with Gasteiger partial charge in [-0.05, 0) is 40.3 Å². The van der Waals surface area contributed by atoms with E-state index in [4.69, 9.17) is 4.74 Å². The van der Waals surface area contributed by atoms with E-state index in [0.717, 1.165) is 17.1 Å². The lowest BCUT2D eigenvalue weighted by molar-refractivity contribution is 0.414. The van der Waals surface area contributed by atoms with Crippen LogP contribution in [-0.2, 0) is 7.05 Å². The number of nitrogens with one attached hydrogen (secondary N) is 1. The quantitative estimate of drug-likeness (QED) is 0.589. The van der Waals surface area contributed by atoms with Crippen molar-refractivity contribution in [1.29, 1.82) is 0 Å². The van der Waals surface area contributed by atoms with Gasteiger partial charge in [0.1, 0.15) is 23.4 Å². The van der Waals surface area contributed by atoms with Crippen molar-refractivity contribution in [2.45, 2.75) is 6.04 Å². The fourth-order valence-corrected chi connectivity index (χ4v) is 2.62. The van der Waals surface area contributed by atoms with Crippen molar-refractivity contribution in [3.05, 3.63) is 60.2 Å². The second-order valence-electron chi connectivity index (χ2n) is 5.49. The van der Waals surface area contributed by atoms with Crippen molar-refractivity contribution in [2.24, 2.45) is 7.05 Å². The third-order valence-electron chi connectivity index (χ3n) is 3.93. The van der Waals surface area contributed by atoms with Gasteiger partial charge in [0, 0.05) is 19.4 Å². The predicted molar refractivity (Wildman–Crippen MR) is 90.2 cm³/mol. The average molecular weight is 336 g/mol. The minimum atomic E-state index is -0.188. The highest BCUT2D eigenvalue weighted by molar-refractivity contribution is 5.46. The molecular formula is C16H16N8O. The van der Waals surface area contributed by atoms with Crippen LogP contribution < -0.4 is 10.1 Å². The summed E-state index contributed by atoms with van der Waals surface area (Å²) in [5.74, 6) is 2.31. The molecule has 0 spiro atoms. The van der Waals surface area contributed by atoms with Crippen molar-refractivity contribution in [3.63, 3.8) is 0 Å². The molecule has 9 heteroatoms. The Morgan fingerprint density at radius 1 is 1.12 bits per heavy atom. The van der Waals surface area contributed by atoms with Crippen LogP contribution in [0.15, 0.2) is 48.8 Å². The molecule has 0 amide bonds. The van der Waals surface area contributed by atoms with Crippen LogP contribution in [0.2, 0.25) is 0 Å². The Kier molecular flexibility index (Phi) is 3.73. The molecule has 0 aliphatic rings. The topological polar surface area (TPSA) is 95.1 Å². The van der Waals surface area contributed by atoms with Gasteiger partial charge in [0.05, 0.1) is 7.11 Å². The molecule has 4 aromatic rings. The number of imidazole rings is 1. The summed E-state index contributed by atoms with van der Waals surface area (Å²) in [4.78, 5) is 4.48. The van der Waals surface area contributed by atoms with Crippen molar-refractivity contribution >= 4 is 11.5 Å². The van der Waals surface area contributed by atoms with E-state index >= 15 is 0 Å². The minimum absolute atomic E-state index is 0.188. The SMILES string of the molecule is COc1ccc(C(Nc2ccc3nnnn3n2)c2nccn2C)cc1. The van der Waals surface area contributed by atoms with Gasteiger partial charge >= 0.3 is 0 Å². The fraction of sp³-hybridized carbons (Fsp3) is 0.188. The van der Waals surface area contributed by atoms with Crippen LogP contribution in [0.4, 0.5) is 5.82 Å². The van der Waals surface area contributed by atoms with Crippen LogP contribution in [-0.4, -0.2) is 41.9 Å². The smallest absolute Gasteiger partial charge is 0.200 e. The van der Waals surface area contributed by atoms with Crippen LogP contribution in [0, 0.1) is 0 Å². The highest BCUT2D eigenvalue weighted by Gasteiger charge is 2.19. The number of hydrogen-bond acceptors (Lipinski definition) is 7. The normalized spacial score (nSPS) is 12.2. The molecule has 0 radical (unpaired) electrons. The highest BCUT2D eigenvalue weighted by atomic mass is 16.5. The fourth-order valence-electron chi connectivity index (χ4n) is 2.62. The molecule has 9 nitrogen and oxygen atoms in total. The second-order valence-corrected chi connectivity index (χ2v) is 5.49. The number of aryl methyl sites for hydroxylation is 1. The predicted octanol–water partition coefficient (Wildman–Crippen LogP) is 1.46. The lowest BCUT2D eigenvalue weighted by atomic mass is 10.1. The van der Waals surface area contributed by atoms with E-state index in [1.165, 1.54) is 4.63 Å². The molecule has 0 aliphatic carbocycles. The Bertz CT molecular complexity index is 991. The number of ether oxygens (including phenoxy) is 1. The first-order chi connectivity index (χ1) is 12.2. The number of nitrogens with zero attached hydrogens (tertiary/aromatic N) is 7. The monoisotopic (exact) mass is 336 g/mol. The summed E-state index contributed by atoms with van der Waals surface area (Å²) >= 11 is 0. The molecule has 1 unspecified atom stereocenters. The summed E-state index contributed by atoms with van der Waals surface area (Å²) < 4.78 is 8.59. The third-order valence-corrected chi connectivity index (χ3v) is 3.93. The van der Waals surface area contributed by atoms with Crippen molar-refractivity contribution in [2.75, 3.05) is 12.4 Å². The molecule has 3 aromatic heterocycles. The first kappa shape index (κ1) is 15.1. The van der Waals surface area contributed by atoms with Gasteiger partial charge in [-0.3, -0.25) is 0 Å². The number of anilines is 1. The van der Waals surface area contributed by atoms with Crippen molar-refractivity contribution in [1.82, 2.24) is 34.8 Å². The minimum Gasteiger partial charge on any atom is -0.497 e. The molecule has 1 aromatic carbocycles. The maximum absolute atomic E-state index is 5.24. The number of benzene rings is 1. The van der Waals surface area contributed by atoms with Gasteiger partial charge in [-0.1, -0.05) is 12.1 Å². The zero-order chi connectivity index (χ0) is 17.2. The summed E-state index contributed by atoms with van der Waals surface area (Å²) in [6.07, 6.45) is 3.68. The number of rotatable bonds is 5. The van der Waals surface area contributed by atoms with E-state index in [-0.39, 0.29) is 6.04 Å². The molecular weight excluding hydrogens is 320 g/mol. The van der Waals surface area contributed by atoms with E-state index in [0.29, 0.717) is 11.5 Å². The molecule has 126 valence electrons. The summed E-state index contributed by atoms with van der Waals surface area (Å²) in [6.45, 7) is 0. The Balaban J connectivity index is 1.72. The molecule has 0 fully saturated rings. The van der Waals surface area contributed by atoms with Crippen molar-refractivity contribution in [3.8, 4) is 5.75 Å². The summed E-state index contributed by atoms with van der Waals surface area (Å²) in [6, 6.07) is 11.3. The van der Waals surface area contributed by atoms with Crippen LogP contribution in [0.3, 0.4) is 0 Å². The Hall–Kier alpha value is -3.49. The highest BCUT2D eigenvalue weighted by Crippen LogP contribution is 2.26. The van der Waals surface area contributed by atoms with Gasteiger partial charge in [-0.15, -0.1) is 14.8 Å².